The minimum Gasteiger partial charge on any atom is -0.456 e. The van der Waals surface area contributed by atoms with Crippen LogP contribution in [0.15, 0.2) is 56.1 Å². The van der Waals surface area contributed by atoms with Crippen LogP contribution in [0.25, 0.3) is 17.4 Å². The Morgan fingerprint density at radius 3 is 2.72 bits per heavy atom. The number of carbonyl (C=O) groups excluding carboxylic acids is 1. The van der Waals surface area contributed by atoms with E-state index in [1.807, 2.05) is 0 Å². The van der Waals surface area contributed by atoms with E-state index in [1.54, 1.807) is 31.2 Å². The van der Waals surface area contributed by atoms with Crippen molar-refractivity contribution in [2.45, 2.75) is 13.5 Å². The number of carbonyl (C=O) groups is 1. The maximum atomic E-state index is 13.0. The van der Waals surface area contributed by atoms with Crippen LogP contribution < -0.4 is 0 Å². The van der Waals surface area contributed by atoms with Gasteiger partial charge in [-0.2, -0.15) is 0 Å². The van der Waals surface area contributed by atoms with Gasteiger partial charge in [0.15, 0.2) is 10.4 Å². The van der Waals surface area contributed by atoms with Gasteiger partial charge >= 0.3 is 5.97 Å². The number of benzene rings is 1. The summed E-state index contributed by atoms with van der Waals surface area (Å²) in [5, 5.41) is 3.91. The molecule has 0 spiro atoms. The molecule has 0 N–H and O–H groups in total. The first-order chi connectivity index (χ1) is 12.0. The molecule has 0 radical (unpaired) electrons. The average Bonchev–Trinajstić information content (AvgIpc) is 3.18. The number of halogens is 2. The van der Waals surface area contributed by atoms with Gasteiger partial charge in [-0.15, -0.1) is 0 Å². The molecule has 0 saturated carbocycles. The Hall–Kier alpha value is -2.67. The molecular formula is C18H13BrFNO4. The highest BCUT2D eigenvalue weighted by molar-refractivity contribution is 9.10. The first-order valence-electron chi connectivity index (χ1n) is 7.34. The molecule has 0 fully saturated rings. The number of rotatable bonds is 5. The monoisotopic (exact) mass is 405 g/mol. The predicted molar refractivity (Wildman–Crippen MR) is 91.9 cm³/mol. The van der Waals surface area contributed by atoms with Gasteiger partial charge in [-0.05, 0) is 65.3 Å². The lowest BCUT2D eigenvalue weighted by atomic mass is 10.1. The van der Waals surface area contributed by atoms with E-state index in [0.717, 1.165) is 5.56 Å². The Bertz CT molecular complexity index is 912. The Balaban J connectivity index is 1.63. The number of hydrogen-bond acceptors (Lipinski definition) is 5. The van der Waals surface area contributed by atoms with Gasteiger partial charge < -0.3 is 13.7 Å². The molecule has 128 valence electrons. The first-order valence-corrected chi connectivity index (χ1v) is 8.13. The fraction of sp³-hybridized carbons (Fsp3) is 0.111. The molecule has 0 amide bonds. The average molecular weight is 406 g/mol. The summed E-state index contributed by atoms with van der Waals surface area (Å²) in [5.74, 6) is 0.186. The van der Waals surface area contributed by atoms with Crippen molar-refractivity contribution in [2.24, 2.45) is 0 Å². The second-order valence-corrected chi connectivity index (χ2v) is 5.95. The summed E-state index contributed by atoms with van der Waals surface area (Å²) < 4.78 is 29.2. The Morgan fingerprint density at radius 2 is 2.04 bits per heavy atom. The van der Waals surface area contributed by atoms with Crippen molar-refractivity contribution in [3.63, 3.8) is 0 Å². The van der Waals surface area contributed by atoms with Gasteiger partial charge in [0.1, 0.15) is 23.9 Å². The molecule has 3 aromatic rings. The zero-order valence-electron chi connectivity index (χ0n) is 13.2. The number of ether oxygens (including phenoxy) is 1. The van der Waals surface area contributed by atoms with Crippen LogP contribution >= 0.6 is 15.9 Å². The first kappa shape index (κ1) is 17.2. The summed E-state index contributed by atoms with van der Waals surface area (Å²) in [5.41, 5.74) is 1.94. The molecule has 0 saturated heterocycles. The molecule has 7 heteroatoms. The van der Waals surface area contributed by atoms with Crippen molar-refractivity contribution >= 4 is 28.0 Å². The highest BCUT2D eigenvalue weighted by Gasteiger charge is 2.15. The molecule has 0 aliphatic carbocycles. The van der Waals surface area contributed by atoms with Crippen molar-refractivity contribution in [1.29, 1.82) is 0 Å². The van der Waals surface area contributed by atoms with Crippen molar-refractivity contribution < 1.29 is 22.9 Å². The van der Waals surface area contributed by atoms with Crippen LogP contribution in [0.1, 0.15) is 17.0 Å². The lowest BCUT2D eigenvalue weighted by Crippen LogP contribution is -2.02. The molecule has 0 aliphatic heterocycles. The molecule has 2 heterocycles. The van der Waals surface area contributed by atoms with E-state index in [2.05, 4.69) is 21.1 Å². The third-order valence-corrected chi connectivity index (χ3v) is 3.88. The van der Waals surface area contributed by atoms with Crippen LogP contribution in [-0.4, -0.2) is 11.1 Å². The van der Waals surface area contributed by atoms with E-state index < -0.39 is 5.97 Å². The van der Waals surface area contributed by atoms with Gasteiger partial charge in [-0.3, -0.25) is 0 Å². The van der Waals surface area contributed by atoms with Crippen LogP contribution in [0.3, 0.4) is 0 Å². The standard InChI is InChI=1S/C18H13BrFNO4/c1-11-15(21-25-18(11)12-2-4-13(20)5-3-12)10-23-17(22)9-7-14-6-8-16(19)24-14/h2-9H,10H2,1H3/b9-7+. The molecule has 5 nitrogen and oxygen atoms in total. The number of nitrogens with zero attached hydrogens (tertiary/aromatic N) is 1. The second kappa shape index (κ2) is 7.48. The molecule has 0 aliphatic rings. The fourth-order valence-corrected chi connectivity index (χ4v) is 2.45. The normalized spacial score (nSPS) is 11.2. The smallest absolute Gasteiger partial charge is 0.331 e. The van der Waals surface area contributed by atoms with Crippen LogP contribution in [0, 0.1) is 12.7 Å². The number of aromatic nitrogens is 1. The van der Waals surface area contributed by atoms with Gasteiger partial charge in [0.05, 0.1) is 0 Å². The van der Waals surface area contributed by atoms with Crippen molar-refractivity contribution in [2.75, 3.05) is 0 Å². The summed E-state index contributed by atoms with van der Waals surface area (Å²) in [6.45, 7) is 1.77. The summed E-state index contributed by atoms with van der Waals surface area (Å²) in [6.07, 6.45) is 2.77. The van der Waals surface area contributed by atoms with E-state index in [-0.39, 0.29) is 12.4 Å². The van der Waals surface area contributed by atoms with Crippen molar-refractivity contribution in [3.8, 4) is 11.3 Å². The molecule has 0 bridgehead atoms. The zero-order chi connectivity index (χ0) is 17.8. The number of hydrogen-bond donors (Lipinski definition) is 0. The van der Waals surface area contributed by atoms with Crippen LogP contribution in [0.4, 0.5) is 4.39 Å². The topological polar surface area (TPSA) is 65.5 Å². The lowest BCUT2D eigenvalue weighted by molar-refractivity contribution is -0.139. The van der Waals surface area contributed by atoms with E-state index in [0.29, 0.717) is 27.4 Å². The molecule has 1 aromatic carbocycles. The van der Waals surface area contributed by atoms with E-state index in [1.165, 1.54) is 24.3 Å². The Morgan fingerprint density at radius 1 is 1.28 bits per heavy atom. The van der Waals surface area contributed by atoms with E-state index in [4.69, 9.17) is 13.7 Å². The van der Waals surface area contributed by atoms with Gasteiger partial charge in [0.25, 0.3) is 0 Å². The Kier molecular flexibility index (Phi) is 5.14. The highest BCUT2D eigenvalue weighted by atomic mass is 79.9. The summed E-state index contributed by atoms with van der Waals surface area (Å²) in [7, 11) is 0. The van der Waals surface area contributed by atoms with Gasteiger partial charge in [0.2, 0.25) is 0 Å². The van der Waals surface area contributed by atoms with Crippen molar-refractivity contribution in [1.82, 2.24) is 5.16 Å². The third-order valence-electron chi connectivity index (χ3n) is 3.46. The van der Waals surface area contributed by atoms with Crippen molar-refractivity contribution in [3.05, 3.63) is 70.0 Å². The predicted octanol–water partition coefficient (Wildman–Crippen LogP) is 4.90. The van der Waals surface area contributed by atoms with Gasteiger partial charge in [-0.25, -0.2) is 9.18 Å². The molecule has 3 rings (SSSR count). The molecule has 0 unspecified atom stereocenters. The maximum absolute atomic E-state index is 13.0. The van der Waals surface area contributed by atoms with Crippen LogP contribution in [0.5, 0.6) is 0 Å². The fourth-order valence-electron chi connectivity index (χ4n) is 2.13. The van der Waals surface area contributed by atoms with Gasteiger partial charge in [-0.1, -0.05) is 5.16 Å². The number of esters is 1. The van der Waals surface area contributed by atoms with E-state index >= 15 is 0 Å². The van der Waals surface area contributed by atoms with Gasteiger partial charge in [0, 0.05) is 17.2 Å². The quantitative estimate of drug-likeness (QED) is 0.446. The maximum Gasteiger partial charge on any atom is 0.331 e. The SMILES string of the molecule is Cc1c(COC(=O)/C=C/c2ccc(Br)o2)noc1-c1ccc(F)cc1. The molecular weight excluding hydrogens is 393 g/mol. The molecule has 2 aromatic heterocycles. The Labute approximate surface area is 151 Å². The van der Waals surface area contributed by atoms with Crippen LogP contribution in [0.2, 0.25) is 0 Å². The second-order valence-electron chi connectivity index (χ2n) is 5.17. The zero-order valence-corrected chi connectivity index (χ0v) is 14.7. The summed E-state index contributed by atoms with van der Waals surface area (Å²) >= 11 is 3.18. The van der Waals surface area contributed by atoms with Crippen LogP contribution in [-0.2, 0) is 16.1 Å². The van der Waals surface area contributed by atoms with E-state index in [9.17, 15) is 9.18 Å². The lowest BCUT2D eigenvalue weighted by Gasteiger charge is -2.00. The number of furan rings is 1. The minimum atomic E-state index is -0.529. The highest BCUT2D eigenvalue weighted by Crippen LogP contribution is 2.26. The largest absolute Gasteiger partial charge is 0.456 e. The summed E-state index contributed by atoms with van der Waals surface area (Å²) in [4.78, 5) is 11.8. The minimum absolute atomic E-state index is 0.0262. The molecule has 25 heavy (non-hydrogen) atoms. The third kappa shape index (κ3) is 4.24. The summed E-state index contributed by atoms with van der Waals surface area (Å²) in [6, 6.07) is 9.32. The molecule has 0 atom stereocenters.